The highest BCUT2D eigenvalue weighted by atomic mass is 16.2. The van der Waals surface area contributed by atoms with E-state index in [-0.39, 0.29) is 5.91 Å². The SMILES string of the molecule is CC(C)CC(=O)N1CCCC(c2nnc(CN3CCCCC3)n2C)C1. The lowest BCUT2D eigenvalue weighted by atomic mass is 9.96. The van der Waals surface area contributed by atoms with Gasteiger partial charge in [0.1, 0.15) is 11.6 Å². The molecule has 0 aromatic carbocycles. The molecule has 3 heterocycles. The van der Waals surface area contributed by atoms with Crippen LogP contribution in [-0.2, 0) is 18.4 Å². The average Bonchev–Trinajstić information content (AvgIpc) is 2.96. The first kappa shape index (κ1) is 18.4. The molecule has 1 aromatic heterocycles. The number of amides is 1. The smallest absolute Gasteiger partial charge is 0.222 e. The minimum absolute atomic E-state index is 0.287. The molecule has 1 atom stereocenters. The van der Waals surface area contributed by atoms with E-state index in [2.05, 4.69) is 40.6 Å². The molecule has 6 nitrogen and oxygen atoms in total. The number of nitrogens with zero attached hydrogens (tertiary/aromatic N) is 5. The molecule has 3 rings (SSSR count). The van der Waals surface area contributed by atoms with Crippen molar-refractivity contribution in [2.24, 2.45) is 13.0 Å². The Hall–Kier alpha value is -1.43. The Morgan fingerprint density at radius 1 is 1.12 bits per heavy atom. The van der Waals surface area contributed by atoms with Crippen LogP contribution in [0.5, 0.6) is 0 Å². The zero-order valence-corrected chi connectivity index (χ0v) is 16.1. The third-order valence-corrected chi connectivity index (χ3v) is 5.53. The molecule has 0 radical (unpaired) electrons. The second kappa shape index (κ2) is 8.30. The van der Waals surface area contributed by atoms with Crippen molar-refractivity contribution in [3.8, 4) is 0 Å². The van der Waals surface area contributed by atoms with Crippen molar-refractivity contribution in [3.05, 3.63) is 11.6 Å². The summed E-state index contributed by atoms with van der Waals surface area (Å²) in [5, 5.41) is 8.98. The van der Waals surface area contributed by atoms with Crippen LogP contribution in [0.2, 0.25) is 0 Å². The molecule has 140 valence electrons. The van der Waals surface area contributed by atoms with Gasteiger partial charge in [0, 0.05) is 32.5 Å². The monoisotopic (exact) mass is 347 g/mol. The first-order chi connectivity index (χ1) is 12.0. The standard InChI is InChI=1S/C19H33N5O/c1-15(2)12-18(25)24-11-7-8-16(13-24)19-21-20-17(22(19)3)14-23-9-5-4-6-10-23/h15-16H,4-14H2,1-3H3. The summed E-state index contributed by atoms with van der Waals surface area (Å²) in [4.78, 5) is 16.9. The molecule has 2 aliphatic rings. The highest BCUT2D eigenvalue weighted by Crippen LogP contribution is 2.27. The molecule has 6 heteroatoms. The number of hydrogen-bond acceptors (Lipinski definition) is 4. The van der Waals surface area contributed by atoms with Crippen molar-refractivity contribution in [2.45, 2.75) is 64.8 Å². The number of aromatic nitrogens is 3. The molecule has 2 aliphatic heterocycles. The van der Waals surface area contributed by atoms with E-state index < -0.39 is 0 Å². The maximum Gasteiger partial charge on any atom is 0.222 e. The van der Waals surface area contributed by atoms with Gasteiger partial charge >= 0.3 is 0 Å². The largest absolute Gasteiger partial charge is 0.342 e. The lowest BCUT2D eigenvalue weighted by molar-refractivity contribution is -0.133. The zero-order valence-electron chi connectivity index (χ0n) is 16.1. The summed E-state index contributed by atoms with van der Waals surface area (Å²) in [5.74, 6) is 3.13. The van der Waals surface area contributed by atoms with Crippen LogP contribution in [0.25, 0.3) is 0 Å². The predicted octanol–water partition coefficient (Wildman–Crippen LogP) is 2.55. The van der Waals surface area contributed by atoms with Crippen molar-refractivity contribution < 1.29 is 4.79 Å². The predicted molar refractivity (Wildman–Crippen MR) is 98.1 cm³/mol. The second-order valence-corrected chi connectivity index (χ2v) is 8.15. The first-order valence-corrected chi connectivity index (χ1v) is 9.93. The van der Waals surface area contributed by atoms with E-state index in [0.717, 1.165) is 44.1 Å². The average molecular weight is 348 g/mol. The summed E-state index contributed by atoms with van der Waals surface area (Å²) < 4.78 is 2.18. The Kier molecular flexibility index (Phi) is 6.10. The van der Waals surface area contributed by atoms with Gasteiger partial charge in [-0.05, 0) is 44.7 Å². The quantitative estimate of drug-likeness (QED) is 0.821. The van der Waals surface area contributed by atoms with Crippen molar-refractivity contribution in [1.29, 1.82) is 0 Å². The van der Waals surface area contributed by atoms with Gasteiger partial charge in [-0.1, -0.05) is 20.3 Å². The number of piperidine rings is 2. The molecule has 1 aromatic rings. The lowest BCUT2D eigenvalue weighted by Crippen LogP contribution is -2.40. The molecule has 0 bridgehead atoms. The molecule has 0 saturated carbocycles. The molecule has 0 N–H and O–H groups in total. The van der Waals surface area contributed by atoms with E-state index in [1.54, 1.807) is 0 Å². The Balaban J connectivity index is 1.64. The fourth-order valence-corrected chi connectivity index (χ4v) is 4.08. The zero-order chi connectivity index (χ0) is 17.8. The van der Waals surface area contributed by atoms with Crippen LogP contribution in [0.4, 0.5) is 0 Å². The summed E-state index contributed by atoms with van der Waals surface area (Å²) in [6, 6.07) is 0. The number of carbonyl (C=O) groups excluding carboxylic acids is 1. The molecule has 1 unspecified atom stereocenters. The van der Waals surface area contributed by atoms with Gasteiger partial charge in [0.25, 0.3) is 0 Å². The van der Waals surface area contributed by atoms with Gasteiger partial charge < -0.3 is 9.47 Å². The van der Waals surface area contributed by atoms with Crippen LogP contribution in [0, 0.1) is 5.92 Å². The van der Waals surface area contributed by atoms with Crippen LogP contribution in [-0.4, -0.2) is 56.7 Å². The molecular formula is C19H33N5O. The van der Waals surface area contributed by atoms with Crippen LogP contribution < -0.4 is 0 Å². The number of hydrogen-bond donors (Lipinski definition) is 0. The van der Waals surface area contributed by atoms with Gasteiger partial charge in [-0.15, -0.1) is 10.2 Å². The van der Waals surface area contributed by atoms with Gasteiger partial charge in [-0.3, -0.25) is 9.69 Å². The van der Waals surface area contributed by atoms with E-state index in [9.17, 15) is 4.79 Å². The molecule has 2 fully saturated rings. The minimum Gasteiger partial charge on any atom is -0.342 e. The molecule has 0 spiro atoms. The van der Waals surface area contributed by atoms with E-state index >= 15 is 0 Å². The van der Waals surface area contributed by atoms with E-state index in [1.807, 2.05) is 4.90 Å². The molecule has 25 heavy (non-hydrogen) atoms. The first-order valence-electron chi connectivity index (χ1n) is 9.93. The van der Waals surface area contributed by atoms with Gasteiger partial charge in [-0.25, -0.2) is 0 Å². The third kappa shape index (κ3) is 4.60. The number of likely N-dealkylation sites (tertiary alicyclic amines) is 2. The van der Waals surface area contributed by atoms with E-state index in [0.29, 0.717) is 18.3 Å². The maximum atomic E-state index is 12.4. The Labute approximate surface area is 151 Å². The molecular weight excluding hydrogens is 314 g/mol. The van der Waals surface area contributed by atoms with Gasteiger partial charge in [0.05, 0.1) is 6.54 Å². The van der Waals surface area contributed by atoms with Gasteiger partial charge in [0.2, 0.25) is 5.91 Å². The summed E-state index contributed by atoms with van der Waals surface area (Å²) in [5.41, 5.74) is 0. The van der Waals surface area contributed by atoms with Crippen LogP contribution in [0.3, 0.4) is 0 Å². The molecule has 1 amide bonds. The highest BCUT2D eigenvalue weighted by molar-refractivity contribution is 5.76. The Morgan fingerprint density at radius 3 is 2.60 bits per heavy atom. The Morgan fingerprint density at radius 2 is 1.88 bits per heavy atom. The topological polar surface area (TPSA) is 54.3 Å². The second-order valence-electron chi connectivity index (χ2n) is 8.15. The summed E-state index contributed by atoms with van der Waals surface area (Å²) in [6.07, 6.45) is 6.74. The van der Waals surface area contributed by atoms with Gasteiger partial charge in [-0.2, -0.15) is 0 Å². The van der Waals surface area contributed by atoms with Crippen LogP contribution in [0.1, 0.15) is 69.9 Å². The highest BCUT2D eigenvalue weighted by Gasteiger charge is 2.28. The lowest BCUT2D eigenvalue weighted by Gasteiger charge is -2.33. The minimum atomic E-state index is 0.287. The summed E-state index contributed by atoms with van der Waals surface area (Å²) in [7, 11) is 2.09. The summed E-state index contributed by atoms with van der Waals surface area (Å²) >= 11 is 0. The Bertz CT molecular complexity index is 576. The van der Waals surface area contributed by atoms with Crippen molar-refractivity contribution in [2.75, 3.05) is 26.2 Å². The fraction of sp³-hybridized carbons (Fsp3) is 0.842. The molecule has 2 saturated heterocycles. The van der Waals surface area contributed by atoms with Crippen molar-refractivity contribution >= 4 is 5.91 Å². The summed E-state index contributed by atoms with van der Waals surface area (Å²) in [6.45, 7) is 9.13. The van der Waals surface area contributed by atoms with E-state index in [1.165, 1.54) is 32.4 Å². The van der Waals surface area contributed by atoms with E-state index in [4.69, 9.17) is 0 Å². The molecule has 0 aliphatic carbocycles. The maximum absolute atomic E-state index is 12.4. The fourth-order valence-electron chi connectivity index (χ4n) is 4.08. The van der Waals surface area contributed by atoms with Crippen LogP contribution in [0.15, 0.2) is 0 Å². The third-order valence-electron chi connectivity index (χ3n) is 5.53. The van der Waals surface area contributed by atoms with Gasteiger partial charge in [0.15, 0.2) is 0 Å². The van der Waals surface area contributed by atoms with Crippen molar-refractivity contribution in [3.63, 3.8) is 0 Å². The normalized spacial score (nSPS) is 22.6. The number of rotatable bonds is 5. The van der Waals surface area contributed by atoms with Crippen LogP contribution >= 0.6 is 0 Å². The number of carbonyl (C=O) groups is 1. The van der Waals surface area contributed by atoms with Crippen molar-refractivity contribution in [1.82, 2.24) is 24.6 Å².